The fourth-order valence-electron chi connectivity index (χ4n) is 2.13. The van der Waals surface area contributed by atoms with E-state index in [9.17, 15) is 4.79 Å². The van der Waals surface area contributed by atoms with E-state index in [4.69, 9.17) is 9.84 Å². The van der Waals surface area contributed by atoms with Gasteiger partial charge in [0.15, 0.2) is 0 Å². The van der Waals surface area contributed by atoms with Crippen molar-refractivity contribution in [2.24, 2.45) is 0 Å². The van der Waals surface area contributed by atoms with Crippen LogP contribution in [0, 0.1) is 0 Å². The van der Waals surface area contributed by atoms with Gasteiger partial charge < -0.3 is 15.2 Å². The van der Waals surface area contributed by atoms with E-state index in [1.807, 2.05) is 24.3 Å². The quantitative estimate of drug-likeness (QED) is 0.811. The second kappa shape index (κ2) is 6.09. The van der Waals surface area contributed by atoms with Crippen LogP contribution in [0.2, 0.25) is 0 Å². The predicted molar refractivity (Wildman–Crippen MR) is 74.8 cm³/mol. The Labute approximate surface area is 112 Å². The summed E-state index contributed by atoms with van der Waals surface area (Å²) in [6.45, 7) is 2.70. The number of rotatable bonds is 5. The molecule has 0 heterocycles. The summed E-state index contributed by atoms with van der Waals surface area (Å²) in [6.07, 6.45) is -0.152. The minimum absolute atomic E-state index is 0.283. The highest BCUT2D eigenvalue weighted by Crippen LogP contribution is 2.28. The number of fused-ring (bicyclic) bond motifs is 1. The molecule has 2 aromatic rings. The third-order valence-electron chi connectivity index (χ3n) is 2.99. The number of ether oxygens (including phenoxy) is 1. The van der Waals surface area contributed by atoms with E-state index >= 15 is 0 Å². The molecule has 0 atom stereocenters. The van der Waals surface area contributed by atoms with Gasteiger partial charge in [-0.3, -0.25) is 0 Å². The molecule has 0 radical (unpaired) electrons. The molecule has 0 spiro atoms. The topological polar surface area (TPSA) is 58.6 Å². The number of hydrogen-bond donors (Lipinski definition) is 2. The molecule has 19 heavy (non-hydrogen) atoms. The van der Waals surface area contributed by atoms with E-state index in [0.717, 1.165) is 17.7 Å². The molecular formula is C15H17NO3. The van der Waals surface area contributed by atoms with Crippen molar-refractivity contribution >= 4 is 16.9 Å². The molecule has 0 bridgehead atoms. The lowest BCUT2D eigenvalue weighted by Gasteiger charge is -2.13. The van der Waals surface area contributed by atoms with Crippen LogP contribution in [-0.4, -0.2) is 24.4 Å². The maximum atomic E-state index is 10.3. The Bertz CT molecular complexity index is 581. The number of benzene rings is 2. The molecule has 0 saturated heterocycles. The molecular weight excluding hydrogens is 242 g/mol. The predicted octanol–water partition coefficient (Wildman–Crippen LogP) is 3.05. The lowest BCUT2D eigenvalue weighted by Crippen LogP contribution is -2.26. The van der Waals surface area contributed by atoms with Gasteiger partial charge in [0.2, 0.25) is 0 Å². The van der Waals surface area contributed by atoms with Crippen molar-refractivity contribution in [1.82, 2.24) is 5.32 Å². The number of carbonyl (C=O) groups is 1. The molecule has 1 amide bonds. The molecule has 4 nitrogen and oxygen atoms in total. The minimum atomic E-state index is -1.03. The Morgan fingerprint density at radius 3 is 2.79 bits per heavy atom. The second-order valence-electron chi connectivity index (χ2n) is 4.20. The summed E-state index contributed by atoms with van der Waals surface area (Å²) in [5.74, 6) is 0.827. The summed E-state index contributed by atoms with van der Waals surface area (Å²) < 4.78 is 5.66. The Morgan fingerprint density at radius 1 is 1.26 bits per heavy atom. The molecule has 2 N–H and O–H groups in total. The standard InChI is InChI=1S/C15H17NO3/c1-2-12-13-6-4-3-5-11(13)7-8-14(12)19-10-9-16-15(17)18/h3-8,16H,2,9-10H2,1H3,(H,17,18). The van der Waals surface area contributed by atoms with Crippen LogP contribution in [-0.2, 0) is 6.42 Å². The van der Waals surface area contributed by atoms with Gasteiger partial charge in [-0.25, -0.2) is 4.79 Å². The summed E-state index contributed by atoms with van der Waals surface area (Å²) in [6, 6.07) is 12.1. The molecule has 0 aliphatic rings. The zero-order valence-electron chi connectivity index (χ0n) is 10.8. The zero-order valence-corrected chi connectivity index (χ0v) is 10.8. The summed E-state index contributed by atoms with van der Waals surface area (Å²) >= 11 is 0. The van der Waals surface area contributed by atoms with Crippen molar-refractivity contribution in [2.45, 2.75) is 13.3 Å². The molecule has 2 rings (SSSR count). The molecule has 0 saturated carbocycles. The van der Waals surface area contributed by atoms with Crippen LogP contribution in [0.1, 0.15) is 12.5 Å². The van der Waals surface area contributed by atoms with Crippen molar-refractivity contribution in [3.8, 4) is 5.75 Å². The van der Waals surface area contributed by atoms with Crippen molar-refractivity contribution < 1.29 is 14.6 Å². The van der Waals surface area contributed by atoms with Crippen LogP contribution in [0.25, 0.3) is 10.8 Å². The number of aryl methyl sites for hydroxylation is 1. The van der Waals surface area contributed by atoms with Crippen LogP contribution >= 0.6 is 0 Å². The zero-order chi connectivity index (χ0) is 13.7. The third-order valence-corrected chi connectivity index (χ3v) is 2.99. The Hall–Kier alpha value is -2.23. The lowest BCUT2D eigenvalue weighted by molar-refractivity contribution is 0.191. The van der Waals surface area contributed by atoms with Crippen molar-refractivity contribution in [1.29, 1.82) is 0 Å². The SMILES string of the molecule is CCc1c(OCCNC(=O)O)ccc2ccccc12. The summed E-state index contributed by atoms with van der Waals surface area (Å²) in [5, 5.41) is 13.1. The molecule has 0 unspecified atom stereocenters. The van der Waals surface area contributed by atoms with Gasteiger partial charge >= 0.3 is 6.09 Å². The molecule has 0 aromatic heterocycles. The first-order chi connectivity index (χ1) is 9.22. The van der Waals surface area contributed by atoms with E-state index < -0.39 is 6.09 Å². The average molecular weight is 259 g/mol. The maximum Gasteiger partial charge on any atom is 0.404 e. The first-order valence-electron chi connectivity index (χ1n) is 6.32. The molecule has 100 valence electrons. The van der Waals surface area contributed by atoms with Gasteiger partial charge in [-0.1, -0.05) is 37.3 Å². The second-order valence-corrected chi connectivity index (χ2v) is 4.20. The molecule has 0 aliphatic carbocycles. The molecule has 0 fully saturated rings. The van der Waals surface area contributed by atoms with Gasteiger partial charge in [0.25, 0.3) is 0 Å². The van der Waals surface area contributed by atoms with Gasteiger partial charge in [-0.05, 0) is 23.3 Å². The fraction of sp³-hybridized carbons (Fsp3) is 0.267. The number of nitrogens with one attached hydrogen (secondary N) is 1. The van der Waals surface area contributed by atoms with E-state index in [-0.39, 0.29) is 6.54 Å². The minimum Gasteiger partial charge on any atom is -0.491 e. The highest BCUT2D eigenvalue weighted by atomic mass is 16.5. The van der Waals surface area contributed by atoms with Crippen molar-refractivity contribution in [3.05, 3.63) is 42.0 Å². The summed E-state index contributed by atoms with van der Waals surface area (Å²) in [7, 11) is 0. The number of amides is 1. The van der Waals surface area contributed by atoms with Crippen LogP contribution < -0.4 is 10.1 Å². The van der Waals surface area contributed by atoms with Crippen LogP contribution in [0.15, 0.2) is 36.4 Å². The van der Waals surface area contributed by atoms with Gasteiger partial charge in [-0.2, -0.15) is 0 Å². The number of hydrogen-bond acceptors (Lipinski definition) is 2. The fourth-order valence-corrected chi connectivity index (χ4v) is 2.13. The molecule has 4 heteroatoms. The van der Waals surface area contributed by atoms with Crippen LogP contribution in [0.5, 0.6) is 5.75 Å². The van der Waals surface area contributed by atoms with Gasteiger partial charge in [0.05, 0.1) is 6.54 Å². The van der Waals surface area contributed by atoms with Crippen molar-refractivity contribution in [2.75, 3.05) is 13.2 Å². The Balaban J connectivity index is 2.16. The first-order valence-corrected chi connectivity index (χ1v) is 6.32. The highest BCUT2D eigenvalue weighted by Gasteiger charge is 2.06. The van der Waals surface area contributed by atoms with Crippen LogP contribution in [0.3, 0.4) is 0 Å². The van der Waals surface area contributed by atoms with Gasteiger partial charge in [0, 0.05) is 5.56 Å². The summed E-state index contributed by atoms with van der Waals surface area (Å²) in [5.41, 5.74) is 1.16. The van der Waals surface area contributed by atoms with Gasteiger partial charge in [0.1, 0.15) is 12.4 Å². The first kappa shape index (κ1) is 13.2. The third kappa shape index (κ3) is 3.16. The van der Waals surface area contributed by atoms with E-state index in [1.54, 1.807) is 0 Å². The van der Waals surface area contributed by atoms with Crippen molar-refractivity contribution in [3.63, 3.8) is 0 Å². The maximum absolute atomic E-state index is 10.3. The van der Waals surface area contributed by atoms with Crippen LogP contribution in [0.4, 0.5) is 4.79 Å². The van der Waals surface area contributed by atoms with E-state index in [2.05, 4.69) is 24.4 Å². The Kier molecular flexibility index (Phi) is 4.23. The monoisotopic (exact) mass is 259 g/mol. The Morgan fingerprint density at radius 2 is 2.05 bits per heavy atom. The molecule has 2 aromatic carbocycles. The smallest absolute Gasteiger partial charge is 0.404 e. The lowest BCUT2D eigenvalue weighted by atomic mass is 10.0. The molecule has 0 aliphatic heterocycles. The van der Waals surface area contributed by atoms with Gasteiger partial charge in [-0.15, -0.1) is 0 Å². The van der Waals surface area contributed by atoms with E-state index in [0.29, 0.717) is 6.61 Å². The summed E-state index contributed by atoms with van der Waals surface area (Å²) in [4.78, 5) is 10.3. The number of carboxylic acid groups (broad SMARTS) is 1. The normalized spacial score (nSPS) is 10.4. The largest absolute Gasteiger partial charge is 0.491 e. The van der Waals surface area contributed by atoms with E-state index in [1.165, 1.54) is 10.8 Å². The highest BCUT2D eigenvalue weighted by molar-refractivity contribution is 5.87. The average Bonchev–Trinajstić information content (AvgIpc) is 2.42.